The first kappa shape index (κ1) is 17.9. The van der Waals surface area contributed by atoms with E-state index >= 15 is 0 Å². The van der Waals surface area contributed by atoms with Gasteiger partial charge in [0.2, 0.25) is 5.88 Å². The summed E-state index contributed by atoms with van der Waals surface area (Å²) >= 11 is 6.08. The van der Waals surface area contributed by atoms with Crippen LogP contribution in [0.5, 0.6) is 11.6 Å². The monoisotopic (exact) mass is 348 g/mol. The number of pyridine rings is 1. The first-order valence-electron chi connectivity index (χ1n) is 7.61. The Morgan fingerprint density at radius 2 is 2.21 bits per heavy atom. The number of methoxy groups -OCH3 is 1. The molecule has 0 unspecified atom stereocenters. The van der Waals surface area contributed by atoms with Gasteiger partial charge in [-0.15, -0.1) is 0 Å². The van der Waals surface area contributed by atoms with Crippen molar-refractivity contribution in [1.29, 1.82) is 0 Å². The maximum atomic E-state index is 6.08. The lowest BCUT2D eigenvalue weighted by molar-refractivity contribution is 0.302. The van der Waals surface area contributed by atoms with E-state index in [0.717, 1.165) is 17.7 Å². The minimum Gasteiger partial charge on any atom is -0.495 e. The number of anilines is 1. The van der Waals surface area contributed by atoms with E-state index in [9.17, 15) is 0 Å². The highest BCUT2D eigenvalue weighted by molar-refractivity contribution is 6.32. The third-order valence-corrected chi connectivity index (χ3v) is 3.43. The van der Waals surface area contributed by atoms with Crippen molar-refractivity contribution in [3.63, 3.8) is 0 Å². The number of nitrogens with one attached hydrogen (secondary N) is 1. The van der Waals surface area contributed by atoms with Crippen LogP contribution in [-0.4, -0.2) is 24.7 Å². The van der Waals surface area contributed by atoms with Crippen molar-refractivity contribution < 1.29 is 9.47 Å². The van der Waals surface area contributed by atoms with E-state index in [-0.39, 0.29) is 5.96 Å². The molecule has 0 aliphatic carbocycles. The molecule has 24 heavy (non-hydrogen) atoms. The molecule has 6 nitrogen and oxygen atoms in total. The van der Waals surface area contributed by atoms with Crippen molar-refractivity contribution in [2.75, 3.05) is 19.0 Å². The quantitative estimate of drug-likeness (QED) is 0.591. The molecule has 3 N–H and O–H groups in total. The average Bonchev–Trinajstić information content (AvgIpc) is 2.59. The molecule has 0 spiro atoms. The largest absolute Gasteiger partial charge is 0.495 e. The number of guanidine groups is 1. The van der Waals surface area contributed by atoms with Gasteiger partial charge in [0.25, 0.3) is 0 Å². The Hall–Kier alpha value is -2.47. The van der Waals surface area contributed by atoms with Crippen molar-refractivity contribution in [3.8, 4) is 11.6 Å². The second-order valence-corrected chi connectivity index (χ2v) is 5.40. The molecule has 1 aromatic heterocycles. The molecule has 0 amide bonds. The molecule has 128 valence electrons. The molecule has 1 aromatic carbocycles. The number of nitrogens with two attached hydrogens (primary N) is 1. The van der Waals surface area contributed by atoms with Crippen LogP contribution >= 0.6 is 11.6 Å². The molecule has 2 aromatic rings. The van der Waals surface area contributed by atoms with Gasteiger partial charge in [0, 0.05) is 17.4 Å². The van der Waals surface area contributed by atoms with Crippen molar-refractivity contribution in [2.24, 2.45) is 10.7 Å². The standard InChI is InChI=1S/C17H21ClN4O2/c1-3-9-24-16-12(5-4-8-20-16)11-21-17(19)22-13-6-7-15(23-2)14(18)10-13/h4-8,10H,3,9,11H2,1-2H3,(H3,19,21,22). The van der Waals surface area contributed by atoms with Crippen LogP contribution in [0.3, 0.4) is 0 Å². The maximum Gasteiger partial charge on any atom is 0.218 e. The Balaban J connectivity index is 2.03. The maximum absolute atomic E-state index is 6.08. The van der Waals surface area contributed by atoms with Gasteiger partial charge in [-0.25, -0.2) is 9.98 Å². The minimum atomic E-state index is 0.279. The van der Waals surface area contributed by atoms with E-state index in [0.29, 0.717) is 29.8 Å². The highest BCUT2D eigenvalue weighted by Crippen LogP contribution is 2.27. The highest BCUT2D eigenvalue weighted by Gasteiger charge is 2.05. The lowest BCUT2D eigenvalue weighted by atomic mass is 10.3. The molecule has 7 heteroatoms. The van der Waals surface area contributed by atoms with Gasteiger partial charge >= 0.3 is 0 Å². The van der Waals surface area contributed by atoms with E-state index in [4.69, 9.17) is 26.8 Å². The summed E-state index contributed by atoms with van der Waals surface area (Å²) < 4.78 is 10.7. The number of hydrogen-bond acceptors (Lipinski definition) is 4. The van der Waals surface area contributed by atoms with Crippen LogP contribution in [0.15, 0.2) is 41.5 Å². The van der Waals surface area contributed by atoms with Gasteiger partial charge in [0.1, 0.15) is 5.75 Å². The van der Waals surface area contributed by atoms with E-state index in [1.54, 1.807) is 25.4 Å². The van der Waals surface area contributed by atoms with E-state index in [1.807, 2.05) is 25.1 Å². The van der Waals surface area contributed by atoms with Gasteiger partial charge in [-0.2, -0.15) is 0 Å². The van der Waals surface area contributed by atoms with Gasteiger partial charge in [-0.3, -0.25) is 0 Å². The molecular weight excluding hydrogens is 328 g/mol. The zero-order chi connectivity index (χ0) is 17.4. The van der Waals surface area contributed by atoms with Crippen molar-refractivity contribution >= 4 is 23.2 Å². The van der Waals surface area contributed by atoms with Gasteiger partial charge in [-0.05, 0) is 30.7 Å². The van der Waals surface area contributed by atoms with Crippen LogP contribution in [0, 0.1) is 0 Å². The Morgan fingerprint density at radius 3 is 2.92 bits per heavy atom. The van der Waals surface area contributed by atoms with Crippen molar-refractivity contribution in [2.45, 2.75) is 19.9 Å². The summed E-state index contributed by atoms with van der Waals surface area (Å²) in [5.74, 6) is 1.47. The normalized spacial score (nSPS) is 11.2. The van der Waals surface area contributed by atoms with Crippen LogP contribution in [0.25, 0.3) is 0 Å². The summed E-state index contributed by atoms with van der Waals surface area (Å²) in [6.07, 6.45) is 2.61. The zero-order valence-electron chi connectivity index (χ0n) is 13.8. The first-order valence-corrected chi connectivity index (χ1v) is 7.99. The fourth-order valence-electron chi connectivity index (χ4n) is 1.98. The smallest absolute Gasteiger partial charge is 0.218 e. The number of aromatic nitrogens is 1. The van der Waals surface area contributed by atoms with Crippen LogP contribution < -0.4 is 20.5 Å². The van der Waals surface area contributed by atoms with E-state index in [1.165, 1.54) is 0 Å². The molecule has 0 radical (unpaired) electrons. The van der Waals surface area contributed by atoms with E-state index in [2.05, 4.69) is 15.3 Å². The second-order valence-electron chi connectivity index (χ2n) is 4.99. The third kappa shape index (κ3) is 5.03. The van der Waals surface area contributed by atoms with Gasteiger partial charge < -0.3 is 20.5 Å². The van der Waals surface area contributed by atoms with Crippen molar-refractivity contribution in [3.05, 3.63) is 47.1 Å². The summed E-state index contributed by atoms with van der Waals surface area (Å²) in [4.78, 5) is 8.54. The van der Waals surface area contributed by atoms with Gasteiger partial charge in [0.05, 0.1) is 25.3 Å². The number of nitrogens with zero attached hydrogens (tertiary/aromatic N) is 2. The Labute approximate surface area is 146 Å². The SMILES string of the molecule is CCCOc1ncccc1CN=C(N)Nc1ccc(OC)c(Cl)c1. The van der Waals surface area contributed by atoms with Crippen LogP contribution in [0.4, 0.5) is 5.69 Å². The first-order chi connectivity index (χ1) is 11.6. The molecule has 0 saturated carbocycles. The number of ether oxygens (including phenoxy) is 2. The Kier molecular flexibility index (Phi) is 6.69. The zero-order valence-corrected chi connectivity index (χ0v) is 14.5. The summed E-state index contributed by atoms with van der Waals surface area (Å²) in [6, 6.07) is 9.06. The lowest BCUT2D eigenvalue weighted by Crippen LogP contribution is -2.22. The Bertz CT molecular complexity index is 707. The van der Waals surface area contributed by atoms with Crippen LogP contribution in [-0.2, 0) is 6.54 Å². The van der Waals surface area contributed by atoms with Crippen LogP contribution in [0.1, 0.15) is 18.9 Å². The molecule has 0 bridgehead atoms. The van der Waals surface area contributed by atoms with Gasteiger partial charge in [0.15, 0.2) is 5.96 Å². The molecule has 0 aliphatic rings. The molecule has 0 fully saturated rings. The minimum absolute atomic E-state index is 0.279. The lowest BCUT2D eigenvalue weighted by Gasteiger charge is -2.10. The fourth-order valence-corrected chi connectivity index (χ4v) is 2.23. The highest BCUT2D eigenvalue weighted by atomic mass is 35.5. The predicted molar refractivity (Wildman–Crippen MR) is 97.0 cm³/mol. The number of halogens is 1. The number of hydrogen-bond donors (Lipinski definition) is 2. The summed E-state index contributed by atoms with van der Waals surface area (Å²) in [7, 11) is 1.57. The van der Waals surface area contributed by atoms with E-state index < -0.39 is 0 Å². The average molecular weight is 349 g/mol. The number of benzene rings is 1. The summed E-state index contributed by atoms with van der Waals surface area (Å²) in [6.45, 7) is 3.03. The third-order valence-electron chi connectivity index (χ3n) is 3.14. The van der Waals surface area contributed by atoms with Crippen LogP contribution in [0.2, 0.25) is 5.02 Å². The van der Waals surface area contributed by atoms with Crippen molar-refractivity contribution in [1.82, 2.24) is 4.98 Å². The number of aliphatic imine (C=N–C) groups is 1. The molecule has 0 aliphatic heterocycles. The second kappa shape index (κ2) is 8.98. The Morgan fingerprint density at radius 1 is 1.38 bits per heavy atom. The molecular formula is C17H21ClN4O2. The summed E-state index contributed by atoms with van der Waals surface area (Å²) in [5, 5.41) is 3.49. The topological polar surface area (TPSA) is 81.8 Å². The molecule has 2 rings (SSSR count). The number of rotatable bonds is 7. The predicted octanol–water partition coefficient (Wildman–Crippen LogP) is 3.46. The van der Waals surface area contributed by atoms with Gasteiger partial charge in [-0.1, -0.05) is 24.6 Å². The molecule has 0 atom stereocenters. The summed E-state index contributed by atoms with van der Waals surface area (Å²) in [5.41, 5.74) is 7.54. The fraction of sp³-hybridized carbons (Fsp3) is 0.294. The molecule has 1 heterocycles. The molecule has 0 saturated heterocycles.